The van der Waals surface area contributed by atoms with E-state index in [4.69, 9.17) is 4.74 Å². The van der Waals surface area contributed by atoms with Gasteiger partial charge in [0.05, 0.1) is 0 Å². The number of hydrogen-bond donors (Lipinski definition) is 0. The molecule has 0 aliphatic carbocycles. The largest absolute Gasteiger partial charge is 0.486 e. The summed E-state index contributed by atoms with van der Waals surface area (Å²) in [6.07, 6.45) is 1.74. The van der Waals surface area contributed by atoms with Crippen molar-refractivity contribution in [3.63, 3.8) is 0 Å². The molecule has 0 aliphatic heterocycles. The summed E-state index contributed by atoms with van der Waals surface area (Å²) < 4.78 is 18.4. The predicted octanol–water partition coefficient (Wildman–Crippen LogP) is 3.17. The van der Waals surface area contributed by atoms with E-state index in [1.807, 2.05) is 5.38 Å². The van der Waals surface area contributed by atoms with E-state index in [-0.39, 0.29) is 5.82 Å². The van der Waals surface area contributed by atoms with Crippen molar-refractivity contribution in [2.24, 2.45) is 0 Å². The molecule has 2 nitrogen and oxygen atoms in total. The Hall–Kier alpha value is -1.42. The van der Waals surface area contributed by atoms with Gasteiger partial charge in [0.1, 0.15) is 23.2 Å². The Morgan fingerprint density at radius 2 is 2.33 bits per heavy atom. The van der Waals surface area contributed by atoms with E-state index in [1.54, 1.807) is 25.3 Å². The molecule has 2 aromatic rings. The summed E-state index contributed by atoms with van der Waals surface area (Å²) in [5.41, 5.74) is 0.589. The summed E-state index contributed by atoms with van der Waals surface area (Å²) in [4.78, 5) is 4.09. The van der Waals surface area contributed by atoms with Crippen LogP contribution in [-0.4, -0.2) is 4.98 Å². The highest BCUT2D eigenvalue weighted by Gasteiger charge is 2.01. The lowest BCUT2D eigenvalue weighted by atomic mass is 10.2. The van der Waals surface area contributed by atoms with E-state index in [0.717, 1.165) is 5.01 Å². The van der Waals surface area contributed by atoms with Gasteiger partial charge in [0.2, 0.25) is 0 Å². The zero-order valence-electron chi connectivity index (χ0n) is 8.24. The smallest absolute Gasteiger partial charge is 0.140 e. The van der Waals surface area contributed by atoms with Gasteiger partial charge in [-0.3, -0.25) is 0 Å². The van der Waals surface area contributed by atoms with Gasteiger partial charge in [0, 0.05) is 11.6 Å². The van der Waals surface area contributed by atoms with Crippen LogP contribution in [0.3, 0.4) is 0 Å². The molecule has 1 aromatic heterocycles. The third kappa shape index (κ3) is 2.53. The number of thiazole rings is 1. The maximum Gasteiger partial charge on any atom is 0.140 e. The Kier molecular flexibility index (Phi) is 2.97. The van der Waals surface area contributed by atoms with Gasteiger partial charge in [-0.2, -0.15) is 0 Å². The average molecular weight is 223 g/mol. The van der Waals surface area contributed by atoms with Crippen LogP contribution in [0.1, 0.15) is 10.6 Å². The SMILES string of the molecule is Cc1cc(OCc2nccs2)ccc1F. The number of ether oxygens (including phenoxy) is 1. The molecule has 0 saturated carbocycles. The summed E-state index contributed by atoms with van der Waals surface area (Å²) in [5, 5.41) is 2.81. The van der Waals surface area contributed by atoms with Gasteiger partial charge in [-0.15, -0.1) is 11.3 Å². The molecule has 78 valence electrons. The first kappa shape index (κ1) is 10.1. The van der Waals surface area contributed by atoms with Crippen LogP contribution in [0, 0.1) is 12.7 Å². The Bertz CT molecular complexity index is 442. The summed E-state index contributed by atoms with van der Waals surface area (Å²) in [7, 11) is 0. The Morgan fingerprint density at radius 3 is 3.00 bits per heavy atom. The zero-order chi connectivity index (χ0) is 10.7. The molecule has 4 heteroatoms. The molecule has 0 N–H and O–H groups in total. The second-order valence-corrected chi connectivity index (χ2v) is 4.10. The van der Waals surface area contributed by atoms with Crippen LogP contribution >= 0.6 is 11.3 Å². The molecule has 0 amide bonds. The van der Waals surface area contributed by atoms with E-state index in [0.29, 0.717) is 17.9 Å². The third-order valence-electron chi connectivity index (χ3n) is 1.98. The van der Waals surface area contributed by atoms with Crippen molar-refractivity contribution in [3.8, 4) is 5.75 Å². The van der Waals surface area contributed by atoms with Crippen LogP contribution in [0.5, 0.6) is 5.75 Å². The molecule has 0 atom stereocenters. The molecule has 0 aliphatic rings. The standard InChI is InChI=1S/C11H10FNOS/c1-8-6-9(2-3-10(8)12)14-7-11-13-4-5-15-11/h2-6H,7H2,1H3. The lowest BCUT2D eigenvalue weighted by Crippen LogP contribution is -1.95. The molecule has 0 spiro atoms. The number of nitrogens with zero attached hydrogens (tertiary/aromatic N) is 1. The number of hydrogen-bond acceptors (Lipinski definition) is 3. The molecular formula is C11H10FNOS. The molecular weight excluding hydrogens is 213 g/mol. The average Bonchev–Trinajstić information content (AvgIpc) is 2.73. The summed E-state index contributed by atoms with van der Waals surface area (Å²) in [6.45, 7) is 2.15. The second-order valence-electron chi connectivity index (χ2n) is 3.13. The molecule has 1 heterocycles. The fraction of sp³-hybridized carbons (Fsp3) is 0.182. The van der Waals surface area contributed by atoms with Gasteiger partial charge in [-0.05, 0) is 30.7 Å². The van der Waals surface area contributed by atoms with Crippen LogP contribution in [0.15, 0.2) is 29.8 Å². The van der Waals surface area contributed by atoms with Crippen LogP contribution in [0.25, 0.3) is 0 Å². The molecule has 2 rings (SSSR count). The first-order valence-electron chi connectivity index (χ1n) is 4.53. The molecule has 0 fully saturated rings. The predicted molar refractivity (Wildman–Crippen MR) is 57.6 cm³/mol. The first-order valence-corrected chi connectivity index (χ1v) is 5.41. The van der Waals surface area contributed by atoms with Crippen molar-refractivity contribution in [2.75, 3.05) is 0 Å². The van der Waals surface area contributed by atoms with Crippen molar-refractivity contribution in [1.82, 2.24) is 4.98 Å². The molecule has 0 unspecified atom stereocenters. The van der Waals surface area contributed by atoms with Crippen LogP contribution in [0.4, 0.5) is 4.39 Å². The normalized spacial score (nSPS) is 10.3. The van der Waals surface area contributed by atoms with E-state index in [1.165, 1.54) is 17.4 Å². The number of benzene rings is 1. The zero-order valence-corrected chi connectivity index (χ0v) is 9.05. The highest BCUT2D eigenvalue weighted by Crippen LogP contribution is 2.17. The second kappa shape index (κ2) is 4.40. The van der Waals surface area contributed by atoms with Gasteiger partial charge in [-0.1, -0.05) is 0 Å². The van der Waals surface area contributed by atoms with Gasteiger partial charge < -0.3 is 4.74 Å². The van der Waals surface area contributed by atoms with Gasteiger partial charge in [0.15, 0.2) is 0 Å². The van der Waals surface area contributed by atoms with Crippen molar-refractivity contribution in [1.29, 1.82) is 0 Å². The number of aromatic nitrogens is 1. The Balaban J connectivity index is 2.02. The minimum Gasteiger partial charge on any atom is -0.486 e. The minimum absolute atomic E-state index is 0.211. The molecule has 0 saturated heterocycles. The quantitative estimate of drug-likeness (QED) is 0.797. The van der Waals surface area contributed by atoms with Crippen LogP contribution < -0.4 is 4.74 Å². The van der Waals surface area contributed by atoms with Crippen molar-refractivity contribution in [2.45, 2.75) is 13.5 Å². The Morgan fingerprint density at radius 1 is 1.47 bits per heavy atom. The van der Waals surface area contributed by atoms with Crippen LogP contribution in [-0.2, 0) is 6.61 Å². The number of rotatable bonds is 3. The highest BCUT2D eigenvalue weighted by atomic mass is 32.1. The maximum atomic E-state index is 12.9. The maximum absolute atomic E-state index is 12.9. The fourth-order valence-electron chi connectivity index (χ4n) is 1.18. The van der Waals surface area contributed by atoms with E-state index >= 15 is 0 Å². The summed E-state index contributed by atoms with van der Waals surface area (Å²) in [6, 6.07) is 4.71. The summed E-state index contributed by atoms with van der Waals surface area (Å²) in [5.74, 6) is 0.459. The van der Waals surface area contributed by atoms with E-state index < -0.39 is 0 Å². The van der Waals surface area contributed by atoms with Crippen molar-refractivity contribution in [3.05, 3.63) is 46.2 Å². The number of aryl methyl sites for hydroxylation is 1. The van der Waals surface area contributed by atoms with Gasteiger partial charge in [0.25, 0.3) is 0 Å². The monoisotopic (exact) mass is 223 g/mol. The lowest BCUT2D eigenvalue weighted by molar-refractivity contribution is 0.305. The van der Waals surface area contributed by atoms with Crippen molar-refractivity contribution < 1.29 is 9.13 Å². The highest BCUT2D eigenvalue weighted by molar-refractivity contribution is 7.09. The minimum atomic E-state index is -0.211. The van der Waals surface area contributed by atoms with Crippen LogP contribution in [0.2, 0.25) is 0 Å². The fourth-order valence-corrected chi connectivity index (χ4v) is 1.70. The van der Waals surface area contributed by atoms with Gasteiger partial charge >= 0.3 is 0 Å². The van der Waals surface area contributed by atoms with E-state index in [9.17, 15) is 4.39 Å². The topological polar surface area (TPSA) is 22.1 Å². The lowest BCUT2D eigenvalue weighted by Gasteiger charge is -2.05. The summed E-state index contributed by atoms with van der Waals surface area (Å²) >= 11 is 1.54. The molecule has 0 radical (unpaired) electrons. The Labute approximate surface area is 91.4 Å². The first-order chi connectivity index (χ1) is 7.25. The third-order valence-corrected chi connectivity index (χ3v) is 2.73. The van der Waals surface area contributed by atoms with E-state index in [2.05, 4.69) is 4.98 Å². The van der Waals surface area contributed by atoms with Crippen molar-refractivity contribution >= 4 is 11.3 Å². The number of halogens is 1. The molecule has 0 bridgehead atoms. The van der Waals surface area contributed by atoms with Gasteiger partial charge in [-0.25, -0.2) is 9.37 Å². The molecule has 1 aromatic carbocycles. The molecule has 15 heavy (non-hydrogen) atoms.